The molecule has 0 N–H and O–H groups in total. The summed E-state index contributed by atoms with van der Waals surface area (Å²) in [6.45, 7) is 1.90. The topological polar surface area (TPSA) is 12.9 Å². The molecule has 0 fully saturated rings. The number of hydrogen-bond acceptors (Lipinski definition) is 1. The molecule has 0 aliphatic carbocycles. The minimum Gasteiger partial charge on any atom is -0.244 e. The highest BCUT2D eigenvalue weighted by atomic mass is 35.5. The van der Waals surface area contributed by atoms with Gasteiger partial charge < -0.3 is 0 Å². The minimum absolute atomic E-state index is 0.00441. The number of pyridine rings is 1. The number of rotatable bonds is 1. The van der Waals surface area contributed by atoms with Crippen LogP contribution in [0.5, 0.6) is 0 Å². The Labute approximate surface area is 70.0 Å². The summed E-state index contributed by atoms with van der Waals surface area (Å²) < 4.78 is 0. The Hall–Kier alpha value is -0.270. The molecule has 0 bridgehead atoms. The van der Waals surface area contributed by atoms with Gasteiger partial charge in [0, 0.05) is 6.20 Å². The van der Waals surface area contributed by atoms with E-state index in [4.69, 9.17) is 23.2 Å². The van der Waals surface area contributed by atoms with Crippen LogP contribution in [0.15, 0.2) is 18.3 Å². The van der Waals surface area contributed by atoms with Crippen molar-refractivity contribution in [1.82, 2.24) is 4.98 Å². The normalized spacial score (nSPS) is 13.1. The first-order valence-corrected chi connectivity index (χ1v) is 3.77. The molecular weight excluding hydrogens is 169 g/mol. The molecule has 3 heteroatoms. The average Bonchev–Trinajstić information content (AvgIpc) is 1.88. The zero-order valence-corrected chi connectivity index (χ0v) is 7.02. The Morgan fingerprint density at radius 1 is 1.50 bits per heavy atom. The van der Waals surface area contributed by atoms with E-state index in [0.717, 1.165) is 5.56 Å². The summed E-state index contributed by atoms with van der Waals surface area (Å²) in [5, 5.41) is 0.505. The van der Waals surface area contributed by atoms with Crippen LogP contribution in [0.4, 0.5) is 0 Å². The van der Waals surface area contributed by atoms with Crippen LogP contribution >= 0.6 is 23.2 Å². The van der Waals surface area contributed by atoms with Crippen LogP contribution in [0.2, 0.25) is 5.15 Å². The smallest absolute Gasteiger partial charge is 0.129 e. The van der Waals surface area contributed by atoms with E-state index in [1.165, 1.54) is 0 Å². The summed E-state index contributed by atoms with van der Waals surface area (Å²) in [5.41, 5.74) is 0.992. The van der Waals surface area contributed by atoms with Crippen molar-refractivity contribution >= 4 is 23.2 Å². The first-order chi connectivity index (χ1) is 4.70. The lowest BCUT2D eigenvalue weighted by Gasteiger charge is -2.00. The lowest BCUT2D eigenvalue weighted by atomic mass is 10.2. The molecule has 0 spiro atoms. The molecule has 0 saturated carbocycles. The molecule has 1 unspecified atom stereocenters. The molecule has 1 aromatic heterocycles. The standard InChI is InChI=1S/C7H7Cl2N/c1-5(8)6-2-3-7(9)10-4-6/h2-5H,1H3. The van der Waals surface area contributed by atoms with Crippen molar-refractivity contribution in [2.75, 3.05) is 0 Å². The van der Waals surface area contributed by atoms with Crippen molar-refractivity contribution in [3.8, 4) is 0 Å². The average molecular weight is 176 g/mol. The molecule has 0 amide bonds. The monoisotopic (exact) mass is 175 g/mol. The van der Waals surface area contributed by atoms with Crippen LogP contribution in [0.3, 0.4) is 0 Å². The first-order valence-electron chi connectivity index (χ1n) is 2.95. The Balaban J connectivity index is 2.89. The van der Waals surface area contributed by atoms with Gasteiger partial charge in [-0.15, -0.1) is 11.6 Å². The molecule has 0 radical (unpaired) electrons. The summed E-state index contributed by atoms with van der Waals surface area (Å²) in [4.78, 5) is 3.88. The molecule has 54 valence electrons. The quantitative estimate of drug-likeness (QED) is 0.473. The lowest BCUT2D eigenvalue weighted by molar-refractivity contribution is 1.06. The number of aromatic nitrogens is 1. The fourth-order valence-corrected chi connectivity index (χ4v) is 0.863. The van der Waals surface area contributed by atoms with Gasteiger partial charge in [-0.25, -0.2) is 4.98 Å². The summed E-state index contributed by atoms with van der Waals surface area (Å²) in [6.07, 6.45) is 1.68. The van der Waals surface area contributed by atoms with Gasteiger partial charge in [0.25, 0.3) is 0 Å². The second-order valence-corrected chi connectivity index (χ2v) is 3.07. The fourth-order valence-electron chi connectivity index (χ4n) is 0.623. The maximum Gasteiger partial charge on any atom is 0.129 e. The molecule has 1 aromatic rings. The summed E-state index contributed by atoms with van der Waals surface area (Å²) >= 11 is 11.3. The van der Waals surface area contributed by atoms with Gasteiger partial charge in [0.15, 0.2) is 0 Å². The van der Waals surface area contributed by atoms with E-state index in [9.17, 15) is 0 Å². The predicted molar refractivity (Wildman–Crippen MR) is 43.5 cm³/mol. The zero-order chi connectivity index (χ0) is 7.56. The van der Waals surface area contributed by atoms with E-state index in [1.807, 2.05) is 13.0 Å². The maximum atomic E-state index is 5.77. The number of alkyl halides is 1. The third-order valence-electron chi connectivity index (χ3n) is 1.21. The van der Waals surface area contributed by atoms with Crippen LogP contribution in [-0.4, -0.2) is 4.98 Å². The van der Waals surface area contributed by atoms with Crippen LogP contribution in [0.1, 0.15) is 17.9 Å². The lowest BCUT2D eigenvalue weighted by Crippen LogP contribution is -1.84. The highest BCUT2D eigenvalue weighted by Gasteiger charge is 1.99. The molecular formula is C7H7Cl2N. The van der Waals surface area contributed by atoms with Gasteiger partial charge in [-0.05, 0) is 18.6 Å². The third kappa shape index (κ3) is 1.86. The van der Waals surface area contributed by atoms with Crippen LogP contribution in [0, 0.1) is 0 Å². The highest BCUT2D eigenvalue weighted by Crippen LogP contribution is 2.18. The number of hydrogen-bond donors (Lipinski definition) is 0. The highest BCUT2D eigenvalue weighted by molar-refractivity contribution is 6.29. The van der Waals surface area contributed by atoms with Gasteiger partial charge in [0.05, 0.1) is 5.38 Å². The molecule has 0 saturated heterocycles. The second kappa shape index (κ2) is 3.22. The first kappa shape index (κ1) is 7.83. The van der Waals surface area contributed by atoms with Crippen molar-refractivity contribution in [2.24, 2.45) is 0 Å². The van der Waals surface area contributed by atoms with Gasteiger partial charge in [-0.3, -0.25) is 0 Å². The van der Waals surface area contributed by atoms with Crippen molar-refractivity contribution in [1.29, 1.82) is 0 Å². The van der Waals surface area contributed by atoms with Crippen molar-refractivity contribution in [3.05, 3.63) is 29.0 Å². The molecule has 1 heterocycles. The Bertz CT molecular complexity index is 205. The number of nitrogens with zero attached hydrogens (tertiary/aromatic N) is 1. The van der Waals surface area contributed by atoms with Crippen LogP contribution < -0.4 is 0 Å². The van der Waals surface area contributed by atoms with Crippen LogP contribution in [0.25, 0.3) is 0 Å². The Kier molecular flexibility index (Phi) is 2.52. The zero-order valence-electron chi connectivity index (χ0n) is 5.51. The van der Waals surface area contributed by atoms with Crippen molar-refractivity contribution in [3.63, 3.8) is 0 Å². The van der Waals surface area contributed by atoms with E-state index in [2.05, 4.69) is 4.98 Å². The van der Waals surface area contributed by atoms with E-state index in [1.54, 1.807) is 12.3 Å². The van der Waals surface area contributed by atoms with Gasteiger partial charge in [0.1, 0.15) is 5.15 Å². The number of halogens is 2. The molecule has 1 rings (SSSR count). The van der Waals surface area contributed by atoms with Gasteiger partial charge >= 0.3 is 0 Å². The summed E-state index contributed by atoms with van der Waals surface area (Å²) in [6, 6.07) is 3.60. The second-order valence-electron chi connectivity index (χ2n) is 2.03. The summed E-state index contributed by atoms with van der Waals surface area (Å²) in [7, 11) is 0. The van der Waals surface area contributed by atoms with Gasteiger partial charge in [-0.2, -0.15) is 0 Å². The molecule has 1 atom stereocenters. The van der Waals surface area contributed by atoms with E-state index < -0.39 is 0 Å². The SMILES string of the molecule is CC(Cl)c1ccc(Cl)nc1. The molecule has 0 aliphatic heterocycles. The van der Waals surface area contributed by atoms with E-state index in [-0.39, 0.29) is 5.38 Å². The fraction of sp³-hybridized carbons (Fsp3) is 0.286. The van der Waals surface area contributed by atoms with E-state index in [0.29, 0.717) is 5.15 Å². The van der Waals surface area contributed by atoms with Crippen LogP contribution in [-0.2, 0) is 0 Å². The van der Waals surface area contributed by atoms with E-state index >= 15 is 0 Å². The Morgan fingerprint density at radius 2 is 2.20 bits per heavy atom. The largest absolute Gasteiger partial charge is 0.244 e. The molecule has 0 aliphatic rings. The van der Waals surface area contributed by atoms with Crippen molar-refractivity contribution < 1.29 is 0 Å². The van der Waals surface area contributed by atoms with Gasteiger partial charge in [0.2, 0.25) is 0 Å². The van der Waals surface area contributed by atoms with Crippen molar-refractivity contribution in [2.45, 2.75) is 12.3 Å². The molecule has 0 aromatic carbocycles. The minimum atomic E-state index is 0.00441. The third-order valence-corrected chi connectivity index (χ3v) is 1.69. The molecule has 10 heavy (non-hydrogen) atoms. The van der Waals surface area contributed by atoms with Gasteiger partial charge in [-0.1, -0.05) is 17.7 Å². The maximum absolute atomic E-state index is 5.77. The Morgan fingerprint density at radius 3 is 2.60 bits per heavy atom. The summed E-state index contributed by atoms with van der Waals surface area (Å²) in [5.74, 6) is 0. The predicted octanol–water partition coefficient (Wildman–Crippen LogP) is 3.03. The molecule has 1 nitrogen and oxygen atoms in total.